The number of amides is 1. The van der Waals surface area contributed by atoms with E-state index in [0.29, 0.717) is 25.0 Å². The van der Waals surface area contributed by atoms with Gasteiger partial charge in [-0.2, -0.15) is 0 Å². The highest BCUT2D eigenvalue weighted by molar-refractivity contribution is 5.77. The Hall–Kier alpha value is -1.64. The molecule has 1 aliphatic carbocycles. The van der Waals surface area contributed by atoms with Crippen LogP contribution < -0.4 is 11.2 Å². The second kappa shape index (κ2) is 8.64. The smallest absolute Gasteiger partial charge is 0.248 e. The van der Waals surface area contributed by atoms with Gasteiger partial charge in [-0.05, 0) is 37.3 Å². The number of nitrogens with one attached hydrogen (secondary N) is 1. The standard InChI is InChI=1S/C17H25F2N3O3/c18-17(19)6-3-4-11(10-17)13(16(24)22-25)9-15(23)14(20)8-12-5-1-2-7-21-12/h1-2,5,7,11,13-15,23,25H,3-4,6,8-10,20H2,(H,22,24). The van der Waals surface area contributed by atoms with E-state index in [-0.39, 0.29) is 12.8 Å². The van der Waals surface area contributed by atoms with Gasteiger partial charge in [0.15, 0.2) is 0 Å². The van der Waals surface area contributed by atoms with Crippen molar-refractivity contribution in [1.29, 1.82) is 0 Å². The molecule has 1 heterocycles. The van der Waals surface area contributed by atoms with Crippen molar-refractivity contribution in [2.45, 2.75) is 56.6 Å². The quantitative estimate of drug-likeness (QED) is 0.438. The van der Waals surface area contributed by atoms with Crippen molar-refractivity contribution in [3.05, 3.63) is 30.1 Å². The maximum absolute atomic E-state index is 13.7. The van der Waals surface area contributed by atoms with E-state index in [1.807, 2.05) is 0 Å². The molecule has 1 amide bonds. The van der Waals surface area contributed by atoms with Crippen LogP contribution >= 0.6 is 0 Å². The minimum absolute atomic E-state index is 0.0822. The lowest BCUT2D eigenvalue weighted by Crippen LogP contribution is -2.44. The molecule has 0 radical (unpaired) electrons. The number of carbonyl (C=O) groups is 1. The minimum Gasteiger partial charge on any atom is -0.391 e. The summed E-state index contributed by atoms with van der Waals surface area (Å²) in [5.41, 5.74) is 8.22. The number of nitrogens with two attached hydrogens (primary N) is 1. The molecule has 1 aromatic heterocycles. The number of halogens is 2. The van der Waals surface area contributed by atoms with E-state index in [9.17, 15) is 18.7 Å². The highest BCUT2D eigenvalue weighted by Crippen LogP contribution is 2.41. The van der Waals surface area contributed by atoms with Gasteiger partial charge in [0.05, 0.1) is 6.10 Å². The van der Waals surface area contributed by atoms with Crippen molar-refractivity contribution in [1.82, 2.24) is 10.5 Å². The van der Waals surface area contributed by atoms with Gasteiger partial charge in [0.2, 0.25) is 11.8 Å². The Morgan fingerprint density at radius 3 is 2.84 bits per heavy atom. The van der Waals surface area contributed by atoms with E-state index in [1.165, 1.54) is 5.48 Å². The summed E-state index contributed by atoms with van der Waals surface area (Å²) < 4.78 is 27.4. The third kappa shape index (κ3) is 5.69. The molecule has 0 spiro atoms. The van der Waals surface area contributed by atoms with E-state index < -0.39 is 42.2 Å². The lowest BCUT2D eigenvalue weighted by atomic mass is 9.75. The van der Waals surface area contributed by atoms with Gasteiger partial charge in [0, 0.05) is 43.1 Å². The number of alkyl halides is 2. The van der Waals surface area contributed by atoms with Gasteiger partial charge in [0.25, 0.3) is 0 Å². The highest BCUT2D eigenvalue weighted by Gasteiger charge is 2.42. The summed E-state index contributed by atoms with van der Waals surface area (Å²) in [5, 5.41) is 19.3. The molecule has 0 aliphatic heterocycles. The van der Waals surface area contributed by atoms with Crippen LogP contribution in [-0.4, -0.2) is 39.3 Å². The summed E-state index contributed by atoms with van der Waals surface area (Å²) in [6.07, 6.45) is 0.905. The van der Waals surface area contributed by atoms with Crippen LogP contribution in [0.5, 0.6) is 0 Å². The molecular formula is C17H25F2N3O3. The number of nitrogens with zero attached hydrogens (tertiary/aromatic N) is 1. The van der Waals surface area contributed by atoms with E-state index in [2.05, 4.69) is 4.98 Å². The van der Waals surface area contributed by atoms with Gasteiger partial charge in [-0.1, -0.05) is 6.07 Å². The van der Waals surface area contributed by atoms with Crippen LogP contribution in [0.3, 0.4) is 0 Å². The molecule has 2 rings (SSSR count). The Morgan fingerprint density at radius 2 is 2.24 bits per heavy atom. The number of rotatable bonds is 7. The van der Waals surface area contributed by atoms with Crippen molar-refractivity contribution in [2.75, 3.05) is 0 Å². The SMILES string of the molecule is NC(Cc1ccccn1)C(O)CC(C(=O)NO)C1CCCC(F)(F)C1. The average molecular weight is 357 g/mol. The normalized spacial score (nSPS) is 23.5. The lowest BCUT2D eigenvalue weighted by molar-refractivity contribution is -0.140. The van der Waals surface area contributed by atoms with Crippen LogP contribution in [0.2, 0.25) is 0 Å². The summed E-state index contributed by atoms with van der Waals surface area (Å²) in [4.78, 5) is 16.1. The Balaban J connectivity index is 2.01. The third-order valence-corrected chi connectivity index (χ3v) is 4.85. The van der Waals surface area contributed by atoms with Crippen molar-refractivity contribution in [3.63, 3.8) is 0 Å². The Bertz CT molecular complexity index is 559. The summed E-state index contributed by atoms with van der Waals surface area (Å²) >= 11 is 0. The first-order valence-electron chi connectivity index (χ1n) is 8.47. The van der Waals surface area contributed by atoms with Gasteiger partial charge in [0.1, 0.15) is 0 Å². The van der Waals surface area contributed by atoms with Crippen LogP contribution in [0, 0.1) is 11.8 Å². The van der Waals surface area contributed by atoms with Gasteiger partial charge in [-0.3, -0.25) is 15.0 Å². The Morgan fingerprint density at radius 1 is 1.48 bits per heavy atom. The number of aromatic nitrogens is 1. The molecule has 8 heteroatoms. The molecule has 1 fully saturated rings. The van der Waals surface area contributed by atoms with Gasteiger partial charge < -0.3 is 10.8 Å². The highest BCUT2D eigenvalue weighted by atomic mass is 19.3. The summed E-state index contributed by atoms with van der Waals surface area (Å²) in [5.74, 6) is -5.10. The van der Waals surface area contributed by atoms with Crippen LogP contribution in [0.15, 0.2) is 24.4 Å². The summed E-state index contributed by atoms with van der Waals surface area (Å²) in [6, 6.07) is 4.64. The largest absolute Gasteiger partial charge is 0.391 e. The first-order valence-corrected chi connectivity index (χ1v) is 8.47. The Labute approximate surface area is 145 Å². The average Bonchev–Trinajstić information content (AvgIpc) is 2.58. The maximum Gasteiger partial charge on any atom is 0.248 e. The number of pyridine rings is 1. The topological polar surface area (TPSA) is 108 Å². The molecule has 25 heavy (non-hydrogen) atoms. The molecular weight excluding hydrogens is 332 g/mol. The van der Waals surface area contributed by atoms with Crippen LogP contribution in [-0.2, 0) is 11.2 Å². The van der Waals surface area contributed by atoms with Crippen LogP contribution in [0.4, 0.5) is 8.78 Å². The first-order chi connectivity index (χ1) is 11.8. The zero-order valence-corrected chi connectivity index (χ0v) is 13.9. The second-order valence-corrected chi connectivity index (χ2v) is 6.79. The molecule has 6 nitrogen and oxygen atoms in total. The second-order valence-electron chi connectivity index (χ2n) is 6.79. The van der Waals surface area contributed by atoms with Crippen LogP contribution in [0.1, 0.15) is 37.8 Å². The molecule has 0 aromatic carbocycles. The Kier molecular flexibility index (Phi) is 6.80. The van der Waals surface area contributed by atoms with E-state index in [4.69, 9.17) is 10.9 Å². The first kappa shape index (κ1) is 19.7. The number of hydrogen-bond acceptors (Lipinski definition) is 5. The van der Waals surface area contributed by atoms with E-state index in [1.54, 1.807) is 24.4 Å². The third-order valence-electron chi connectivity index (χ3n) is 4.85. The lowest BCUT2D eigenvalue weighted by Gasteiger charge is -2.34. The molecule has 5 N–H and O–H groups in total. The molecule has 140 valence electrons. The fourth-order valence-corrected chi connectivity index (χ4v) is 3.48. The van der Waals surface area contributed by atoms with E-state index >= 15 is 0 Å². The predicted octanol–water partition coefficient (Wildman–Crippen LogP) is 1.65. The van der Waals surface area contributed by atoms with Crippen molar-refractivity contribution < 1.29 is 23.9 Å². The molecule has 0 bridgehead atoms. The number of aliphatic hydroxyl groups is 1. The monoisotopic (exact) mass is 357 g/mol. The molecule has 1 aliphatic rings. The predicted molar refractivity (Wildman–Crippen MR) is 86.9 cm³/mol. The van der Waals surface area contributed by atoms with Crippen molar-refractivity contribution in [3.8, 4) is 0 Å². The zero-order chi connectivity index (χ0) is 18.4. The van der Waals surface area contributed by atoms with Gasteiger partial charge in [-0.15, -0.1) is 0 Å². The summed E-state index contributed by atoms with van der Waals surface area (Å²) in [7, 11) is 0. The number of carbonyl (C=O) groups excluding carboxylic acids is 1. The van der Waals surface area contributed by atoms with Crippen molar-refractivity contribution >= 4 is 5.91 Å². The van der Waals surface area contributed by atoms with Gasteiger partial charge >= 0.3 is 0 Å². The maximum atomic E-state index is 13.7. The van der Waals surface area contributed by atoms with Crippen LogP contribution in [0.25, 0.3) is 0 Å². The summed E-state index contributed by atoms with van der Waals surface area (Å²) in [6.45, 7) is 0. The fraction of sp³-hybridized carbons (Fsp3) is 0.647. The molecule has 1 saturated carbocycles. The molecule has 4 unspecified atom stereocenters. The van der Waals surface area contributed by atoms with Gasteiger partial charge in [-0.25, -0.2) is 14.3 Å². The zero-order valence-electron chi connectivity index (χ0n) is 13.9. The molecule has 1 aromatic rings. The molecule has 0 saturated heterocycles. The van der Waals surface area contributed by atoms with E-state index in [0.717, 1.165) is 0 Å². The number of aliphatic hydroxyl groups excluding tert-OH is 1. The van der Waals surface area contributed by atoms with Crippen molar-refractivity contribution in [2.24, 2.45) is 17.6 Å². The molecule has 4 atom stereocenters. The minimum atomic E-state index is -2.82. The number of hydrogen-bond donors (Lipinski definition) is 4. The fourth-order valence-electron chi connectivity index (χ4n) is 3.48. The number of hydroxylamine groups is 1.